The van der Waals surface area contributed by atoms with Crippen LogP contribution in [0, 0.1) is 0 Å². The van der Waals surface area contributed by atoms with Gasteiger partial charge in [0, 0.05) is 19.7 Å². The summed E-state index contributed by atoms with van der Waals surface area (Å²) >= 11 is 0. The quantitative estimate of drug-likeness (QED) is 0.881. The van der Waals surface area contributed by atoms with Crippen molar-refractivity contribution in [1.82, 2.24) is 4.90 Å². The van der Waals surface area contributed by atoms with Crippen LogP contribution in [0.2, 0.25) is 0 Å². The molecule has 5 heteroatoms. The van der Waals surface area contributed by atoms with Gasteiger partial charge >= 0.3 is 5.97 Å². The summed E-state index contributed by atoms with van der Waals surface area (Å²) in [5.74, 6) is -0.389. The second-order valence-corrected chi connectivity index (χ2v) is 5.37. The molecule has 0 heterocycles. The lowest BCUT2D eigenvalue weighted by Gasteiger charge is -2.15. The van der Waals surface area contributed by atoms with E-state index in [0.29, 0.717) is 11.1 Å². The van der Waals surface area contributed by atoms with Crippen molar-refractivity contribution in [2.24, 2.45) is 0 Å². The molecule has 2 aromatic rings. The van der Waals surface area contributed by atoms with Gasteiger partial charge in [-0.25, -0.2) is 0 Å². The van der Waals surface area contributed by atoms with Crippen LogP contribution in [-0.2, 0) is 16.0 Å². The molecule has 0 aliphatic heterocycles. The Bertz CT molecular complexity index is 720. The van der Waals surface area contributed by atoms with E-state index >= 15 is 0 Å². The van der Waals surface area contributed by atoms with Crippen LogP contribution in [0.5, 0.6) is 5.75 Å². The molecular weight excluding hydrogens is 294 g/mol. The van der Waals surface area contributed by atoms with Gasteiger partial charge in [-0.1, -0.05) is 24.3 Å². The summed E-state index contributed by atoms with van der Waals surface area (Å²) in [4.78, 5) is 25.4. The van der Waals surface area contributed by atoms with Gasteiger partial charge in [0.15, 0.2) is 0 Å². The number of rotatable bonds is 4. The van der Waals surface area contributed by atoms with Gasteiger partial charge in [0.2, 0.25) is 0 Å². The largest absolute Gasteiger partial charge is 0.508 e. The van der Waals surface area contributed by atoms with Crippen LogP contribution in [0.15, 0.2) is 42.5 Å². The van der Waals surface area contributed by atoms with E-state index < -0.39 is 5.97 Å². The van der Waals surface area contributed by atoms with Crippen molar-refractivity contribution in [1.29, 1.82) is 0 Å². The first-order valence-electron chi connectivity index (χ1n) is 7.13. The average Bonchev–Trinajstić information content (AvgIpc) is 2.55. The van der Waals surface area contributed by atoms with Crippen molar-refractivity contribution in [2.75, 3.05) is 21.2 Å². The predicted molar refractivity (Wildman–Crippen MR) is 87.3 cm³/mol. The van der Waals surface area contributed by atoms with Gasteiger partial charge in [-0.3, -0.25) is 9.59 Å². The average molecular weight is 313 g/mol. The van der Waals surface area contributed by atoms with Gasteiger partial charge in [0.25, 0.3) is 5.91 Å². The first kappa shape index (κ1) is 16.5. The summed E-state index contributed by atoms with van der Waals surface area (Å²) in [5, 5.41) is 9.38. The minimum absolute atomic E-state index is 0.0429. The zero-order chi connectivity index (χ0) is 17.0. The molecule has 5 nitrogen and oxygen atoms in total. The number of phenolic OH excluding ortho intramolecular Hbond substituents is 1. The third-order valence-corrected chi connectivity index (χ3v) is 3.51. The third-order valence-electron chi connectivity index (χ3n) is 3.51. The Balaban J connectivity index is 2.48. The molecule has 0 saturated heterocycles. The Labute approximate surface area is 135 Å². The highest BCUT2D eigenvalue weighted by molar-refractivity contribution is 5.97. The molecule has 23 heavy (non-hydrogen) atoms. The lowest BCUT2D eigenvalue weighted by molar-refractivity contribution is -0.139. The van der Waals surface area contributed by atoms with E-state index in [1.165, 1.54) is 12.0 Å². The van der Waals surface area contributed by atoms with Crippen LogP contribution >= 0.6 is 0 Å². The molecule has 120 valence electrons. The van der Waals surface area contributed by atoms with E-state index in [-0.39, 0.29) is 18.1 Å². The zero-order valence-corrected chi connectivity index (χ0v) is 13.4. The maximum atomic E-state index is 12.4. The van der Waals surface area contributed by atoms with Crippen molar-refractivity contribution in [3.05, 3.63) is 53.6 Å². The van der Waals surface area contributed by atoms with Crippen molar-refractivity contribution in [3.8, 4) is 16.9 Å². The molecule has 0 aliphatic carbocycles. The third kappa shape index (κ3) is 3.88. The zero-order valence-electron chi connectivity index (χ0n) is 13.4. The van der Waals surface area contributed by atoms with Crippen molar-refractivity contribution >= 4 is 11.9 Å². The van der Waals surface area contributed by atoms with Gasteiger partial charge < -0.3 is 14.7 Å². The number of hydrogen-bond acceptors (Lipinski definition) is 4. The molecule has 2 aromatic carbocycles. The van der Waals surface area contributed by atoms with Crippen LogP contribution in [0.3, 0.4) is 0 Å². The van der Waals surface area contributed by atoms with Gasteiger partial charge in [-0.05, 0) is 34.9 Å². The first-order chi connectivity index (χ1) is 10.9. The number of methoxy groups -OCH3 is 1. The number of nitrogens with zero attached hydrogens (tertiary/aromatic N) is 1. The lowest BCUT2D eigenvalue weighted by atomic mass is 9.96. The Hall–Kier alpha value is -2.82. The summed E-state index contributed by atoms with van der Waals surface area (Å²) in [5.41, 5.74) is 2.80. The number of ether oxygens (including phenoxy) is 1. The van der Waals surface area contributed by atoms with Gasteiger partial charge in [-0.15, -0.1) is 0 Å². The molecule has 0 spiro atoms. The summed E-state index contributed by atoms with van der Waals surface area (Å²) in [6, 6.07) is 12.1. The Morgan fingerprint density at radius 1 is 1.04 bits per heavy atom. The molecule has 1 amide bonds. The number of hydrogen-bond donors (Lipinski definition) is 1. The fraction of sp³-hybridized carbons (Fsp3) is 0.222. The van der Waals surface area contributed by atoms with Crippen molar-refractivity contribution in [2.45, 2.75) is 6.42 Å². The minimum atomic E-state index is -0.393. The number of carbonyl (C=O) groups is 2. The monoisotopic (exact) mass is 313 g/mol. The maximum absolute atomic E-state index is 12.4. The molecule has 0 aromatic heterocycles. The predicted octanol–water partition coefficient (Wildman–Crippen LogP) is 2.48. The van der Waals surface area contributed by atoms with Crippen LogP contribution in [0.25, 0.3) is 11.1 Å². The smallest absolute Gasteiger partial charge is 0.310 e. The minimum Gasteiger partial charge on any atom is -0.508 e. The van der Waals surface area contributed by atoms with Gasteiger partial charge in [0.05, 0.1) is 13.5 Å². The molecule has 0 unspecified atom stereocenters. The Morgan fingerprint density at radius 3 is 2.22 bits per heavy atom. The molecule has 0 radical (unpaired) electrons. The Kier molecular flexibility index (Phi) is 5.01. The molecule has 0 fully saturated rings. The summed E-state index contributed by atoms with van der Waals surface area (Å²) < 4.78 is 4.69. The fourth-order valence-corrected chi connectivity index (χ4v) is 2.23. The topological polar surface area (TPSA) is 66.8 Å². The molecule has 1 N–H and O–H groups in total. The van der Waals surface area contributed by atoms with Crippen molar-refractivity contribution < 1.29 is 19.4 Å². The van der Waals surface area contributed by atoms with E-state index in [2.05, 4.69) is 4.74 Å². The molecular formula is C18H19NO4. The van der Waals surface area contributed by atoms with E-state index in [4.69, 9.17) is 0 Å². The summed E-state index contributed by atoms with van der Waals surface area (Å²) in [7, 11) is 4.65. The van der Waals surface area contributed by atoms with E-state index in [1.807, 2.05) is 6.07 Å². The maximum Gasteiger partial charge on any atom is 0.310 e. The highest BCUT2D eigenvalue weighted by Crippen LogP contribution is 2.25. The summed E-state index contributed by atoms with van der Waals surface area (Å²) in [6.07, 6.45) is 0.0429. The number of esters is 1. The molecule has 0 atom stereocenters. The molecule has 0 saturated carbocycles. The van der Waals surface area contributed by atoms with Crippen molar-refractivity contribution in [3.63, 3.8) is 0 Å². The number of carbonyl (C=O) groups excluding carboxylic acids is 2. The Morgan fingerprint density at radius 2 is 1.65 bits per heavy atom. The number of benzene rings is 2. The van der Waals surface area contributed by atoms with E-state index in [1.54, 1.807) is 50.5 Å². The highest BCUT2D eigenvalue weighted by atomic mass is 16.5. The van der Waals surface area contributed by atoms with E-state index in [0.717, 1.165) is 11.1 Å². The number of aromatic hydroxyl groups is 1. The molecule has 2 rings (SSSR count). The normalized spacial score (nSPS) is 10.2. The lowest BCUT2D eigenvalue weighted by Crippen LogP contribution is -2.23. The second-order valence-electron chi connectivity index (χ2n) is 5.37. The van der Waals surface area contributed by atoms with Crippen LogP contribution < -0.4 is 0 Å². The standard InChI is InChI=1S/C18H19NO4/c1-19(2)18(22)16-10-13(12-6-8-15(20)9-7-12)4-5-14(16)11-17(21)23-3/h4-10,20H,11H2,1-3H3. The van der Waals surface area contributed by atoms with Crippen LogP contribution in [-0.4, -0.2) is 43.1 Å². The number of phenols is 1. The highest BCUT2D eigenvalue weighted by Gasteiger charge is 2.17. The van der Waals surface area contributed by atoms with Gasteiger partial charge in [0.1, 0.15) is 5.75 Å². The second kappa shape index (κ2) is 6.96. The first-order valence-corrected chi connectivity index (χ1v) is 7.13. The molecule has 0 aliphatic rings. The number of amides is 1. The molecule has 0 bridgehead atoms. The van der Waals surface area contributed by atoms with Crippen LogP contribution in [0.1, 0.15) is 15.9 Å². The van der Waals surface area contributed by atoms with Gasteiger partial charge in [-0.2, -0.15) is 0 Å². The fourth-order valence-electron chi connectivity index (χ4n) is 2.23. The van der Waals surface area contributed by atoms with E-state index in [9.17, 15) is 14.7 Å². The summed E-state index contributed by atoms with van der Waals surface area (Å²) in [6.45, 7) is 0. The SMILES string of the molecule is COC(=O)Cc1ccc(-c2ccc(O)cc2)cc1C(=O)N(C)C. The van der Waals surface area contributed by atoms with Crippen LogP contribution in [0.4, 0.5) is 0 Å².